The highest BCUT2D eigenvalue weighted by Gasteiger charge is 1.99. The first-order valence-electron chi connectivity index (χ1n) is 5.61. The average molecular weight is 247 g/mol. The average Bonchev–Trinajstić information content (AvgIpc) is 2.35. The molecule has 0 saturated heterocycles. The van der Waals surface area contributed by atoms with E-state index in [0.29, 0.717) is 18.7 Å². The molecule has 0 aliphatic carbocycles. The molecular weight excluding hydrogens is 233 g/mol. The van der Waals surface area contributed by atoms with Crippen molar-refractivity contribution < 1.29 is 14.3 Å². The maximum absolute atomic E-state index is 13.0. The molecule has 2 aromatic carbocycles. The third kappa shape index (κ3) is 3.84. The molecule has 4 heteroatoms. The Bertz CT molecular complexity index is 482. The maximum Gasteiger partial charge on any atom is 0.127 e. The van der Waals surface area contributed by atoms with Crippen LogP contribution >= 0.6 is 0 Å². The third-order valence-corrected chi connectivity index (χ3v) is 2.40. The van der Waals surface area contributed by atoms with Gasteiger partial charge in [0.25, 0.3) is 0 Å². The summed E-state index contributed by atoms with van der Waals surface area (Å²) in [4.78, 5) is 5.25. The second kappa shape index (κ2) is 6.14. The lowest BCUT2D eigenvalue weighted by Gasteiger charge is -2.06. The van der Waals surface area contributed by atoms with Crippen molar-refractivity contribution in [3.05, 3.63) is 65.5 Å². The van der Waals surface area contributed by atoms with Crippen LogP contribution in [0, 0.1) is 5.82 Å². The van der Waals surface area contributed by atoms with Gasteiger partial charge in [-0.25, -0.2) is 4.39 Å². The van der Waals surface area contributed by atoms with Crippen LogP contribution in [0.4, 0.5) is 4.39 Å². The molecule has 2 rings (SSSR count). The number of hydrogen-bond acceptors (Lipinski definition) is 3. The van der Waals surface area contributed by atoms with E-state index in [4.69, 9.17) is 4.84 Å². The van der Waals surface area contributed by atoms with Crippen molar-refractivity contribution in [2.24, 2.45) is 0 Å². The molecule has 0 amide bonds. The number of hydrogen-bond donors (Lipinski definition) is 2. The number of phenols is 1. The van der Waals surface area contributed by atoms with Crippen LogP contribution in [-0.4, -0.2) is 5.11 Å². The Hall–Kier alpha value is -1.91. The molecule has 0 heterocycles. The van der Waals surface area contributed by atoms with Crippen molar-refractivity contribution in [3.8, 4) is 5.75 Å². The van der Waals surface area contributed by atoms with Crippen LogP contribution in [0.1, 0.15) is 11.1 Å². The first-order valence-corrected chi connectivity index (χ1v) is 5.61. The number of aromatic hydroxyl groups is 1. The van der Waals surface area contributed by atoms with Crippen LogP contribution < -0.4 is 5.48 Å². The van der Waals surface area contributed by atoms with Crippen LogP contribution in [0.2, 0.25) is 0 Å². The summed E-state index contributed by atoms with van der Waals surface area (Å²) in [5, 5.41) is 9.22. The van der Waals surface area contributed by atoms with Crippen LogP contribution in [0.25, 0.3) is 0 Å². The van der Waals surface area contributed by atoms with Crippen molar-refractivity contribution in [3.63, 3.8) is 0 Å². The topological polar surface area (TPSA) is 41.5 Å². The molecule has 0 atom stereocenters. The summed E-state index contributed by atoms with van der Waals surface area (Å²) in [5.41, 5.74) is 4.40. The summed E-state index contributed by atoms with van der Waals surface area (Å²) in [6.45, 7) is 0.764. The minimum atomic E-state index is -0.463. The number of halogens is 1. The van der Waals surface area contributed by atoms with Gasteiger partial charge in [-0.1, -0.05) is 30.3 Å². The largest absolute Gasteiger partial charge is 0.508 e. The smallest absolute Gasteiger partial charge is 0.127 e. The fourth-order valence-electron chi connectivity index (χ4n) is 1.58. The van der Waals surface area contributed by atoms with Crippen LogP contribution in [0.5, 0.6) is 5.75 Å². The van der Waals surface area contributed by atoms with Crippen LogP contribution in [-0.2, 0) is 18.0 Å². The van der Waals surface area contributed by atoms with Crippen LogP contribution in [0.15, 0.2) is 48.5 Å². The van der Waals surface area contributed by atoms with Crippen molar-refractivity contribution in [1.82, 2.24) is 5.48 Å². The normalized spacial score (nSPS) is 10.5. The van der Waals surface area contributed by atoms with Gasteiger partial charge in [-0.05, 0) is 23.3 Å². The van der Waals surface area contributed by atoms with Gasteiger partial charge in [0, 0.05) is 12.6 Å². The summed E-state index contributed by atoms with van der Waals surface area (Å²) < 4.78 is 13.0. The SMILES string of the molecule is Oc1cc(F)cc(CNOCc2ccccc2)c1. The second-order valence-corrected chi connectivity index (χ2v) is 3.91. The Morgan fingerprint density at radius 3 is 2.56 bits per heavy atom. The lowest BCUT2D eigenvalue weighted by atomic mass is 10.2. The molecule has 94 valence electrons. The highest BCUT2D eigenvalue weighted by Crippen LogP contribution is 2.14. The van der Waals surface area contributed by atoms with Gasteiger partial charge >= 0.3 is 0 Å². The van der Waals surface area contributed by atoms with Gasteiger partial charge in [-0.3, -0.25) is 4.84 Å². The molecule has 2 aromatic rings. The predicted molar refractivity (Wildman–Crippen MR) is 66.1 cm³/mol. The molecule has 2 N–H and O–H groups in total. The van der Waals surface area contributed by atoms with E-state index in [1.165, 1.54) is 12.1 Å². The van der Waals surface area contributed by atoms with E-state index < -0.39 is 5.82 Å². The maximum atomic E-state index is 13.0. The first-order chi connectivity index (χ1) is 8.74. The standard InChI is InChI=1S/C14H14FNO2/c15-13-6-12(7-14(17)8-13)9-16-18-10-11-4-2-1-3-5-11/h1-8,16-17H,9-10H2. The van der Waals surface area contributed by atoms with Gasteiger partial charge < -0.3 is 5.11 Å². The van der Waals surface area contributed by atoms with Gasteiger partial charge in [-0.2, -0.15) is 5.48 Å². The van der Waals surface area contributed by atoms with Crippen molar-refractivity contribution in [2.45, 2.75) is 13.2 Å². The number of phenolic OH excluding ortho intramolecular Hbond substituents is 1. The number of nitrogens with one attached hydrogen (secondary N) is 1. The van der Waals surface area contributed by atoms with Crippen LogP contribution in [0.3, 0.4) is 0 Å². The molecule has 3 nitrogen and oxygen atoms in total. The van der Waals surface area contributed by atoms with Gasteiger partial charge in [-0.15, -0.1) is 0 Å². The van der Waals surface area contributed by atoms with E-state index in [1.54, 1.807) is 0 Å². The molecule has 18 heavy (non-hydrogen) atoms. The van der Waals surface area contributed by atoms with E-state index in [9.17, 15) is 9.50 Å². The quantitative estimate of drug-likeness (QED) is 0.630. The van der Waals surface area contributed by atoms with E-state index >= 15 is 0 Å². The molecule has 0 fully saturated rings. The van der Waals surface area contributed by atoms with Crippen molar-refractivity contribution in [1.29, 1.82) is 0 Å². The summed E-state index contributed by atoms with van der Waals surface area (Å²) >= 11 is 0. The second-order valence-electron chi connectivity index (χ2n) is 3.91. The van der Waals surface area contributed by atoms with Gasteiger partial charge in [0.15, 0.2) is 0 Å². The van der Waals surface area contributed by atoms with Gasteiger partial charge in [0.2, 0.25) is 0 Å². The molecular formula is C14H14FNO2. The Morgan fingerprint density at radius 2 is 1.83 bits per heavy atom. The zero-order chi connectivity index (χ0) is 12.8. The van der Waals surface area contributed by atoms with E-state index in [-0.39, 0.29) is 5.75 Å². The number of hydroxylamine groups is 1. The summed E-state index contributed by atoms with van der Waals surface area (Å²) in [5.74, 6) is -0.551. The molecule has 0 aromatic heterocycles. The van der Waals surface area contributed by atoms with Crippen molar-refractivity contribution >= 4 is 0 Å². The molecule has 0 bridgehead atoms. The molecule has 0 aliphatic heterocycles. The fraction of sp³-hybridized carbons (Fsp3) is 0.143. The fourth-order valence-corrected chi connectivity index (χ4v) is 1.58. The highest BCUT2D eigenvalue weighted by molar-refractivity contribution is 5.28. The van der Waals surface area contributed by atoms with Gasteiger partial charge in [0.1, 0.15) is 11.6 Å². The zero-order valence-corrected chi connectivity index (χ0v) is 9.77. The molecule has 0 spiro atoms. The monoisotopic (exact) mass is 247 g/mol. The molecule has 0 radical (unpaired) electrons. The highest BCUT2D eigenvalue weighted by atomic mass is 19.1. The Labute approximate surface area is 105 Å². The Kier molecular flexibility index (Phi) is 4.28. The number of rotatable bonds is 5. The lowest BCUT2D eigenvalue weighted by molar-refractivity contribution is 0.0234. The molecule has 0 saturated carbocycles. The zero-order valence-electron chi connectivity index (χ0n) is 9.77. The minimum absolute atomic E-state index is 0.0881. The first kappa shape index (κ1) is 12.5. The van der Waals surface area contributed by atoms with E-state index in [1.807, 2.05) is 30.3 Å². The number of benzene rings is 2. The molecule has 0 aliphatic rings. The van der Waals surface area contributed by atoms with Gasteiger partial charge in [0.05, 0.1) is 6.61 Å². The lowest BCUT2D eigenvalue weighted by Crippen LogP contribution is -2.13. The predicted octanol–water partition coefficient (Wildman–Crippen LogP) is 2.75. The Balaban J connectivity index is 1.78. The Morgan fingerprint density at radius 1 is 1.06 bits per heavy atom. The summed E-state index contributed by atoms with van der Waals surface area (Å²) in [6, 6.07) is 13.6. The summed E-state index contributed by atoms with van der Waals surface area (Å²) in [7, 11) is 0. The summed E-state index contributed by atoms with van der Waals surface area (Å²) in [6.07, 6.45) is 0. The molecule has 0 unspecified atom stereocenters. The van der Waals surface area contributed by atoms with E-state index in [2.05, 4.69) is 5.48 Å². The van der Waals surface area contributed by atoms with E-state index in [0.717, 1.165) is 11.6 Å². The van der Waals surface area contributed by atoms with Crippen molar-refractivity contribution in [2.75, 3.05) is 0 Å². The third-order valence-electron chi connectivity index (χ3n) is 2.40. The minimum Gasteiger partial charge on any atom is -0.508 e.